The molecule has 18 heavy (non-hydrogen) atoms. The first-order valence-electron chi connectivity index (χ1n) is 7.37. The molecule has 0 aliphatic heterocycles. The molecule has 0 aromatic carbocycles. The molecule has 108 valence electrons. The minimum absolute atomic E-state index is 0.323. The second-order valence-corrected chi connectivity index (χ2v) is 6.46. The maximum Gasteiger partial charge on any atom is 0.0669 e. The maximum absolute atomic E-state index is 5.36. The lowest BCUT2D eigenvalue weighted by molar-refractivity contribution is 0.0513. The summed E-state index contributed by atoms with van der Waals surface area (Å²) < 4.78 is 5.36. The van der Waals surface area contributed by atoms with E-state index in [1.54, 1.807) is 7.11 Å². The molecule has 1 aliphatic rings. The predicted octanol–water partition coefficient (Wildman–Crippen LogP) is 2.37. The van der Waals surface area contributed by atoms with E-state index in [2.05, 4.69) is 38.2 Å². The van der Waals surface area contributed by atoms with Crippen LogP contribution in [-0.4, -0.2) is 51.8 Å². The summed E-state index contributed by atoms with van der Waals surface area (Å²) >= 11 is 0. The van der Waals surface area contributed by atoms with Crippen molar-refractivity contribution >= 4 is 0 Å². The normalized spacial score (nSPS) is 30.7. The standard InChI is InChI=1S/C15H32N2O/c1-13-6-8-15(9-7-13,11-16-3)12-17(4)10-14(2)18-5/h13-14,16H,6-12H2,1-5H3. The maximum atomic E-state index is 5.36. The molecule has 1 N–H and O–H groups in total. The van der Waals surface area contributed by atoms with Crippen molar-refractivity contribution in [3.8, 4) is 0 Å². The van der Waals surface area contributed by atoms with Crippen LogP contribution in [0.15, 0.2) is 0 Å². The van der Waals surface area contributed by atoms with Crippen LogP contribution in [0.25, 0.3) is 0 Å². The Labute approximate surface area is 113 Å². The number of nitrogens with zero attached hydrogens (tertiary/aromatic N) is 1. The fourth-order valence-electron chi connectivity index (χ4n) is 3.29. The molecule has 1 atom stereocenters. The van der Waals surface area contributed by atoms with Gasteiger partial charge in [0.25, 0.3) is 0 Å². The van der Waals surface area contributed by atoms with Gasteiger partial charge in [-0.1, -0.05) is 19.8 Å². The van der Waals surface area contributed by atoms with Gasteiger partial charge in [0.15, 0.2) is 0 Å². The summed E-state index contributed by atoms with van der Waals surface area (Å²) in [6.45, 7) is 7.89. The minimum atomic E-state index is 0.323. The van der Waals surface area contributed by atoms with Crippen molar-refractivity contribution in [2.45, 2.75) is 45.6 Å². The highest BCUT2D eigenvalue weighted by Gasteiger charge is 2.34. The number of hydrogen-bond donors (Lipinski definition) is 1. The minimum Gasteiger partial charge on any atom is -0.380 e. The average Bonchev–Trinajstić information content (AvgIpc) is 2.33. The molecule has 1 rings (SSSR count). The first-order chi connectivity index (χ1) is 8.51. The van der Waals surface area contributed by atoms with Crippen molar-refractivity contribution in [2.24, 2.45) is 11.3 Å². The van der Waals surface area contributed by atoms with E-state index in [-0.39, 0.29) is 0 Å². The molecule has 0 amide bonds. The van der Waals surface area contributed by atoms with E-state index in [4.69, 9.17) is 4.74 Å². The van der Waals surface area contributed by atoms with Crippen molar-refractivity contribution in [1.29, 1.82) is 0 Å². The zero-order chi connectivity index (χ0) is 13.6. The number of methoxy groups -OCH3 is 1. The Morgan fingerprint density at radius 1 is 1.39 bits per heavy atom. The quantitative estimate of drug-likeness (QED) is 0.757. The van der Waals surface area contributed by atoms with Gasteiger partial charge in [0.2, 0.25) is 0 Å². The molecule has 1 fully saturated rings. The smallest absolute Gasteiger partial charge is 0.0669 e. The van der Waals surface area contributed by atoms with Gasteiger partial charge in [-0.2, -0.15) is 0 Å². The van der Waals surface area contributed by atoms with Crippen LogP contribution in [-0.2, 0) is 4.74 Å². The Hall–Kier alpha value is -0.120. The van der Waals surface area contributed by atoms with E-state index in [0.717, 1.165) is 19.0 Å². The van der Waals surface area contributed by atoms with Crippen molar-refractivity contribution in [2.75, 3.05) is 40.8 Å². The number of likely N-dealkylation sites (N-methyl/N-ethyl adjacent to an activating group) is 1. The highest BCUT2D eigenvalue weighted by Crippen LogP contribution is 2.38. The van der Waals surface area contributed by atoms with E-state index in [1.165, 1.54) is 32.2 Å². The zero-order valence-corrected chi connectivity index (χ0v) is 13.0. The summed E-state index contributed by atoms with van der Waals surface area (Å²) in [5.74, 6) is 0.915. The van der Waals surface area contributed by atoms with Crippen LogP contribution in [0.5, 0.6) is 0 Å². The van der Waals surface area contributed by atoms with E-state index >= 15 is 0 Å². The summed E-state index contributed by atoms with van der Waals surface area (Å²) in [5.41, 5.74) is 0.476. The van der Waals surface area contributed by atoms with Crippen molar-refractivity contribution < 1.29 is 4.74 Å². The molecular formula is C15H32N2O. The van der Waals surface area contributed by atoms with Crippen LogP contribution >= 0.6 is 0 Å². The number of ether oxygens (including phenoxy) is 1. The van der Waals surface area contributed by atoms with E-state index in [0.29, 0.717) is 11.5 Å². The van der Waals surface area contributed by atoms with E-state index in [9.17, 15) is 0 Å². The number of hydrogen-bond acceptors (Lipinski definition) is 3. The second-order valence-electron chi connectivity index (χ2n) is 6.46. The predicted molar refractivity (Wildman–Crippen MR) is 78.0 cm³/mol. The topological polar surface area (TPSA) is 24.5 Å². The van der Waals surface area contributed by atoms with Gasteiger partial charge in [-0.3, -0.25) is 0 Å². The van der Waals surface area contributed by atoms with Gasteiger partial charge in [-0.15, -0.1) is 0 Å². The molecular weight excluding hydrogens is 224 g/mol. The Morgan fingerprint density at radius 2 is 2.00 bits per heavy atom. The molecule has 1 saturated carbocycles. The Bertz CT molecular complexity index is 225. The zero-order valence-electron chi connectivity index (χ0n) is 13.0. The summed E-state index contributed by atoms with van der Waals surface area (Å²) in [6, 6.07) is 0. The van der Waals surface area contributed by atoms with Crippen LogP contribution in [0.1, 0.15) is 39.5 Å². The fraction of sp³-hybridized carbons (Fsp3) is 1.00. The second kappa shape index (κ2) is 7.46. The van der Waals surface area contributed by atoms with Gasteiger partial charge in [0.05, 0.1) is 6.10 Å². The largest absolute Gasteiger partial charge is 0.380 e. The lowest BCUT2D eigenvalue weighted by Gasteiger charge is -2.42. The van der Waals surface area contributed by atoms with Gasteiger partial charge in [-0.05, 0) is 45.2 Å². The van der Waals surface area contributed by atoms with Crippen molar-refractivity contribution in [1.82, 2.24) is 10.2 Å². The number of rotatable bonds is 7. The van der Waals surface area contributed by atoms with Gasteiger partial charge in [-0.25, -0.2) is 0 Å². The fourth-order valence-corrected chi connectivity index (χ4v) is 3.29. The molecule has 0 aromatic heterocycles. The van der Waals surface area contributed by atoms with Gasteiger partial charge in [0, 0.05) is 26.7 Å². The third-order valence-electron chi connectivity index (χ3n) is 4.46. The lowest BCUT2D eigenvalue weighted by Crippen LogP contribution is -2.46. The molecule has 0 saturated heterocycles. The van der Waals surface area contributed by atoms with Crippen molar-refractivity contribution in [3.63, 3.8) is 0 Å². The molecule has 0 radical (unpaired) electrons. The van der Waals surface area contributed by atoms with Crippen LogP contribution in [0.3, 0.4) is 0 Å². The molecule has 0 spiro atoms. The van der Waals surface area contributed by atoms with E-state index < -0.39 is 0 Å². The first kappa shape index (κ1) is 15.9. The molecule has 0 bridgehead atoms. The summed E-state index contributed by atoms with van der Waals surface area (Å²) in [5, 5.41) is 3.41. The lowest BCUT2D eigenvalue weighted by atomic mass is 9.70. The molecule has 1 aliphatic carbocycles. The van der Waals surface area contributed by atoms with Gasteiger partial charge in [0.1, 0.15) is 0 Å². The molecule has 1 unspecified atom stereocenters. The number of nitrogens with one attached hydrogen (secondary N) is 1. The third-order valence-corrected chi connectivity index (χ3v) is 4.46. The highest BCUT2D eigenvalue weighted by molar-refractivity contribution is 4.88. The Morgan fingerprint density at radius 3 is 2.50 bits per heavy atom. The first-order valence-corrected chi connectivity index (χ1v) is 7.37. The van der Waals surface area contributed by atoms with Gasteiger partial charge >= 0.3 is 0 Å². The SMILES string of the molecule is CNCC1(CN(C)CC(C)OC)CCC(C)CC1. The Balaban J connectivity index is 2.51. The monoisotopic (exact) mass is 256 g/mol. The van der Waals surface area contributed by atoms with Crippen LogP contribution < -0.4 is 5.32 Å². The highest BCUT2D eigenvalue weighted by atomic mass is 16.5. The van der Waals surface area contributed by atoms with Crippen LogP contribution in [0.2, 0.25) is 0 Å². The third kappa shape index (κ3) is 4.87. The van der Waals surface area contributed by atoms with Crippen LogP contribution in [0.4, 0.5) is 0 Å². The molecule has 3 nitrogen and oxygen atoms in total. The molecule has 3 heteroatoms. The summed E-state index contributed by atoms with van der Waals surface area (Å²) in [4.78, 5) is 2.45. The molecule has 0 aromatic rings. The van der Waals surface area contributed by atoms with Crippen molar-refractivity contribution in [3.05, 3.63) is 0 Å². The Kier molecular flexibility index (Phi) is 6.61. The summed E-state index contributed by atoms with van der Waals surface area (Å²) in [6.07, 6.45) is 5.82. The van der Waals surface area contributed by atoms with Crippen LogP contribution in [0, 0.1) is 11.3 Å². The average molecular weight is 256 g/mol. The summed E-state index contributed by atoms with van der Waals surface area (Å²) in [7, 11) is 6.10. The van der Waals surface area contributed by atoms with E-state index in [1.807, 2.05) is 0 Å². The molecule has 0 heterocycles. The van der Waals surface area contributed by atoms with Gasteiger partial charge < -0.3 is 15.0 Å².